The van der Waals surface area contributed by atoms with Crippen LogP contribution in [0.25, 0.3) is 0 Å². The van der Waals surface area contributed by atoms with Crippen molar-refractivity contribution in [2.24, 2.45) is 0 Å². The molecule has 1 fully saturated rings. The first-order valence-corrected chi connectivity index (χ1v) is 6.17. The molecule has 0 unspecified atom stereocenters. The van der Waals surface area contributed by atoms with Crippen LogP contribution in [0.1, 0.15) is 29.4 Å². The number of ether oxygens (including phenoxy) is 1. The van der Waals surface area contributed by atoms with Gasteiger partial charge in [0.1, 0.15) is 10.5 Å². The van der Waals surface area contributed by atoms with Crippen molar-refractivity contribution >= 4 is 28.9 Å². The van der Waals surface area contributed by atoms with Gasteiger partial charge in [-0.2, -0.15) is 0 Å². The maximum absolute atomic E-state index is 11.6. The number of hydrogen-bond acceptors (Lipinski definition) is 4. The van der Waals surface area contributed by atoms with Gasteiger partial charge in [-0.3, -0.25) is 4.79 Å². The second-order valence-corrected chi connectivity index (χ2v) is 5.49. The zero-order valence-electron chi connectivity index (χ0n) is 9.23. The lowest BCUT2D eigenvalue weighted by molar-refractivity contribution is -0.117. The third-order valence-corrected chi connectivity index (χ3v) is 4.11. The summed E-state index contributed by atoms with van der Waals surface area (Å²) >= 11 is 1.09. The van der Waals surface area contributed by atoms with Crippen LogP contribution in [-0.2, 0) is 4.79 Å². The van der Waals surface area contributed by atoms with Crippen molar-refractivity contribution in [2.45, 2.75) is 25.4 Å². The van der Waals surface area contributed by atoms with Crippen LogP contribution in [0, 0.1) is 0 Å². The molecule has 17 heavy (non-hydrogen) atoms. The van der Waals surface area contributed by atoms with Gasteiger partial charge in [-0.1, -0.05) is 11.3 Å². The molecular formula is C11H11NO4S. The van der Waals surface area contributed by atoms with E-state index < -0.39 is 5.97 Å². The van der Waals surface area contributed by atoms with Crippen molar-refractivity contribution in [1.82, 2.24) is 0 Å². The SMILES string of the molecule is CC(=O)N1CC2(CC2)Oc2sc(C(=O)O)cc21. The first-order chi connectivity index (χ1) is 8.01. The largest absolute Gasteiger partial charge is 0.477 e. The topological polar surface area (TPSA) is 66.8 Å². The van der Waals surface area contributed by atoms with E-state index in [9.17, 15) is 9.59 Å². The Hall–Kier alpha value is -1.56. The maximum atomic E-state index is 11.6. The first kappa shape index (κ1) is 10.6. The molecule has 2 heterocycles. The Morgan fingerprint density at radius 3 is 2.76 bits per heavy atom. The number of rotatable bonds is 1. The number of carboxylic acid groups (broad SMARTS) is 1. The molecule has 1 amide bonds. The quantitative estimate of drug-likeness (QED) is 0.827. The summed E-state index contributed by atoms with van der Waals surface area (Å²) in [5, 5.41) is 9.51. The molecule has 0 bridgehead atoms. The number of anilines is 1. The van der Waals surface area contributed by atoms with Crippen molar-refractivity contribution in [3.8, 4) is 5.06 Å². The predicted molar refractivity (Wildman–Crippen MR) is 61.9 cm³/mol. The van der Waals surface area contributed by atoms with E-state index in [-0.39, 0.29) is 16.4 Å². The number of hydrogen-bond donors (Lipinski definition) is 1. The van der Waals surface area contributed by atoms with E-state index >= 15 is 0 Å². The van der Waals surface area contributed by atoms with Gasteiger partial charge in [-0.25, -0.2) is 4.79 Å². The fourth-order valence-corrected chi connectivity index (χ4v) is 2.96. The highest BCUT2D eigenvalue weighted by Crippen LogP contribution is 2.51. The highest BCUT2D eigenvalue weighted by Gasteiger charge is 2.51. The van der Waals surface area contributed by atoms with Gasteiger partial charge in [0.05, 0.1) is 12.2 Å². The molecule has 3 rings (SSSR count). The Labute approximate surface area is 102 Å². The molecule has 6 heteroatoms. The minimum absolute atomic E-state index is 0.0736. The Morgan fingerprint density at radius 2 is 2.24 bits per heavy atom. The average molecular weight is 253 g/mol. The number of fused-ring (bicyclic) bond motifs is 1. The minimum Gasteiger partial charge on any atom is -0.477 e. The van der Waals surface area contributed by atoms with Crippen LogP contribution < -0.4 is 9.64 Å². The lowest BCUT2D eigenvalue weighted by Gasteiger charge is -2.32. The molecule has 0 aromatic carbocycles. The standard InChI is InChI=1S/C11H11NO4S/c1-6(13)12-5-11(2-3-11)16-10-7(12)4-8(17-10)9(14)15/h4H,2-3,5H2,1H3,(H,14,15). The molecule has 90 valence electrons. The smallest absolute Gasteiger partial charge is 0.346 e. The molecule has 1 aliphatic carbocycles. The molecule has 2 aliphatic rings. The summed E-state index contributed by atoms with van der Waals surface area (Å²) in [6, 6.07) is 1.51. The Kier molecular flexibility index (Phi) is 2.01. The second kappa shape index (κ2) is 3.22. The molecule has 1 aromatic rings. The molecule has 1 N–H and O–H groups in total. The normalized spacial score (nSPS) is 19.7. The number of thiophene rings is 1. The summed E-state index contributed by atoms with van der Waals surface area (Å²) in [7, 11) is 0. The monoisotopic (exact) mass is 253 g/mol. The summed E-state index contributed by atoms with van der Waals surface area (Å²) in [5.41, 5.74) is 0.344. The molecule has 1 saturated carbocycles. The summed E-state index contributed by atoms with van der Waals surface area (Å²) < 4.78 is 5.80. The molecule has 5 nitrogen and oxygen atoms in total. The Balaban J connectivity index is 2.05. The van der Waals surface area contributed by atoms with Gasteiger partial charge in [0.2, 0.25) is 5.91 Å². The van der Waals surface area contributed by atoms with E-state index in [1.165, 1.54) is 13.0 Å². The number of nitrogens with zero attached hydrogens (tertiary/aromatic N) is 1. The Morgan fingerprint density at radius 1 is 1.53 bits per heavy atom. The van der Waals surface area contributed by atoms with Gasteiger partial charge in [-0.15, -0.1) is 0 Å². The molecule has 1 aromatic heterocycles. The summed E-state index contributed by atoms with van der Waals surface area (Å²) in [4.78, 5) is 24.3. The number of carboxylic acids is 1. The summed E-state index contributed by atoms with van der Waals surface area (Å²) in [5.74, 6) is -1.06. The average Bonchev–Trinajstić information content (AvgIpc) is 2.85. The van der Waals surface area contributed by atoms with Gasteiger partial charge >= 0.3 is 5.97 Å². The van der Waals surface area contributed by atoms with Crippen LogP contribution >= 0.6 is 11.3 Å². The van der Waals surface area contributed by atoms with Crippen molar-refractivity contribution in [3.05, 3.63) is 10.9 Å². The number of carbonyl (C=O) groups excluding carboxylic acids is 1. The fraction of sp³-hybridized carbons (Fsp3) is 0.455. The van der Waals surface area contributed by atoms with Crippen molar-refractivity contribution in [1.29, 1.82) is 0 Å². The lowest BCUT2D eigenvalue weighted by Crippen LogP contribution is -2.43. The van der Waals surface area contributed by atoms with Gasteiger partial charge in [-0.05, 0) is 18.9 Å². The van der Waals surface area contributed by atoms with Gasteiger partial charge in [0, 0.05) is 6.92 Å². The van der Waals surface area contributed by atoms with E-state index in [1.807, 2.05) is 0 Å². The van der Waals surface area contributed by atoms with Crippen molar-refractivity contribution in [2.75, 3.05) is 11.4 Å². The maximum Gasteiger partial charge on any atom is 0.346 e. The molecule has 1 spiro atoms. The predicted octanol–water partition coefficient (Wildman–Crippen LogP) is 1.72. The van der Waals surface area contributed by atoms with Crippen LogP contribution in [0.4, 0.5) is 5.69 Å². The van der Waals surface area contributed by atoms with Crippen LogP contribution in [-0.4, -0.2) is 29.1 Å². The highest BCUT2D eigenvalue weighted by atomic mass is 32.1. The van der Waals surface area contributed by atoms with Crippen molar-refractivity contribution in [3.63, 3.8) is 0 Å². The van der Waals surface area contributed by atoms with E-state index in [2.05, 4.69) is 0 Å². The summed E-state index contributed by atoms with van der Waals surface area (Å²) in [6.07, 6.45) is 1.85. The lowest BCUT2D eigenvalue weighted by atomic mass is 10.2. The first-order valence-electron chi connectivity index (χ1n) is 5.35. The van der Waals surface area contributed by atoms with E-state index in [0.29, 0.717) is 17.3 Å². The zero-order chi connectivity index (χ0) is 12.2. The zero-order valence-corrected chi connectivity index (χ0v) is 10.0. The van der Waals surface area contributed by atoms with Gasteiger partial charge in [0.15, 0.2) is 5.06 Å². The van der Waals surface area contributed by atoms with Crippen LogP contribution in [0.2, 0.25) is 0 Å². The summed E-state index contributed by atoms with van der Waals surface area (Å²) in [6.45, 7) is 2.02. The Bertz CT molecular complexity index is 518. The highest BCUT2D eigenvalue weighted by molar-refractivity contribution is 7.16. The van der Waals surface area contributed by atoms with Gasteiger partial charge < -0.3 is 14.7 Å². The third-order valence-electron chi connectivity index (χ3n) is 3.12. The van der Waals surface area contributed by atoms with Crippen LogP contribution in [0.15, 0.2) is 6.07 Å². The molecule has 0 radical (unpaired) electrons. The van der Waals surface area contributed by atoms with Crippen molar-refractivity contribution < 1.29 is 19.4 Å². The molecule has 0 saturated heterocycles. The van der Waals surface area contributed by atoms with E-state index in [0.717, 1.165) is 24.2 Å². The van der Waals surface area contributed by atoms with Crippen LogP contribution in [0.5, 0.6) is 5.06 Å². The number of amides is 1. The van der Waals surface area contributed by atoms with E-state index in [1.54, 1.807) is 4.90 Å². The molecular weight excluding hydrogens is 242 g/mol. The number of carbonyl (C=O) groups is 2. The molecule has 0 atom stereocenters. The minimum atomic E-state index is -0.985. The third kappa shape index (κ3) is 1.59. The number of aromatic carboxylic acids is 1. The fourth-order valence-electron chi connectivity index (χ4n) is 2.01. The second-order valence-electron chi connectivity index (χ2n) is 4.48. The van der Waals surface area contributed by atoms with Gasteiger partial charge in [0.25, 0.3) is 0 Å². The van der Waals surface area contributed by atoms with Crippen LogP contribution in [0.3, 0.4) is 0 Å². The van der Waals surface area contributed by atoms with E-state index in [4.69, 9.17) is 9.84 Å². The molecule has 1 aliphatic heterocycles.